The number of ketones is 1. The Hall–Kier alpha value is -1.26. The van der Waals surface area contributed by atoms with Crippen LogP contribution in [0.3, 0.4) is 0 Å². The maximum atomic E-state index is 11.5. The van der Waals surface area contributed by atoms with Crippen molar-refractivity contribution in [2.45, 2.75) is 13.0 Å². The molecule has 0 radical (unpaired) electrons. The number of methoxy groups -OCH3 is 1. The zero-order chi connectivity index (χ0) is 11.6. The number of hydrogen-bond acceptors (Lipinski definition) is 4. The van der Waals surface area contributed by atoms with Crippen LogP contribution in [0.5, 0.6) is 11.5 Å². The largest absolute Gasteiger partial charge is 0.506 e. The molecule has 4 nitrogen and oxygen atoms in total. The van der Waals surface area contributed by atoms with Crippen molar-refractivity contribution in [3.8, 4) is 11.5 Å². The summed E-state index contributed by atoms with van der Waals surface area (Å²) in [6.45, 7) is 1.57. The van der Waals surface area contributed by atoms with Gasteiger partial charge in [0, 0.05) is 5.56 Å². The monoisotopic (exact) mass is 229 g/mol. The van der Waals surface area contributed by atoms with Crippen molar-refractivity contribution in [3.63, 3.8) is 0 Å². The van der Waals surface area contributed by atoms with Gasteiger partial charge in [-0.3, -0.25) is 4.79 Å². The summed E-state index contributed by atoms with van der Waals surface area (Å²) in [7, 11) is 1.40. The number of Topliss-reactive ketones (excluding diaryl/α,β-unsaturated/α-hetero) is 1. The highest BCUT2D eigenvalue weighted by Gasteiger charge is 2.16. The molecule has 1 rings (SSSR count). The third-order valence-electron chi connectivity index (χ3n) is 1.94. The van der Waals surface area contributed by atoms with Crippen molar-refractivity contribution in [1.82, 2.24) is 0 Å². The van der Waals surface area contributed by atoms with Crippen LogP contribution < -0.4 is 10.5 Å². The molecular formula is C10H12ClNO3. The summed E-state index contributed by atoms with van der Waals surface area (Å²) in [5, 5.41) is 9.52. The Bertz CT molecular complexity index is 390. The van der Waals surface area contributed by atoms with Crippen LogP contribution in [0.1, 0.15) is 17.3 Å². The molecule has 1 atom stereocenters. The van der Waals surface area contributed by atoms with Crippen LogP contribution in [-0.4, -0.2) is 24.0 Å². The van der Waals surface area contributed by atoms with Gasteiger partial charge in [0.1, 0.15) is 16.5 Å². The smallest absolute Gasteiger partial charge is 0.179 e. The van der Waals surface area contributed by atoms with E-state index in [1.807, 2.05) is 0 Å². The van der Waals surface area contributed by atoms with Crippen molar-refractivity contribution in [2.75, 3.05) is 7.11 Å². The molecule has 0 saturated carbocycles. The van der Waals surface area contributed by atoms with E-state index in [-0.39, 0.29) is 27.9 Å². The number of benzene rings is 1. The van der Waals surface area contributed by atoms with E-state index in [1.165, 1.54) is 19.2 Å². The van der Waals surface area contributed by atoms with Gasteiger partial charge < -0.3 is 15.6 Å². The Morgan fingerprint density at radius 2 is 2.20 bits per heavy atom. The quantitative estimate of drug-likeness (QED) is 0.772. The molecule has 15 heavy (non-hydrogen) atoms. The van der Waals surface area contributed by atoms with Crippen LogP contribution in [0.4, 0.5) is 0 Å². The van der Waals surface area contributed by atoms with Gasteiger partial charge in [-0.25, -0.2) is 0 Å². The topological polar surface area (TPSA) is 72.5 Å². The summed E-state index contributed by atoms with van der Waals surface area (Å²) in [6.07, 6.45) is 0. The van der Waals surface area contributed by atoms with Gasteiger partial charge in [-0.1, -0.05) is 11.6 Å². The number of phenolic OH excluding ortho intramolecular Hbond substituents is 1. The lowest BCUT2D eigenvalue weighted by Gasteiger charge is -2.09. The molecule has 0 aliphatic carbocycles. The minimum atomic E-state index is -0.629. The first-order valence-electron chi connectivity index (χ1n) is 4.33. The fourth-order valence-corrected chi connectivity index (χ4v) is 1.32. The minimum absolute atomic E-state index is 0.0822. The first-order chi connectivity index (χ1) is 6.97. The van der Waals surface area contributed by atoms with Gasteiger partial charge in [0.05, 0.1) is 13.2 Å². The Morgan fingerprint density at radius 3 is 2.67 bits per heavy atom. The van der Waals surface area contributed by atoms with Crippen LogP contribution in [0.2, 0.25) is 5.02 Å². The summed E-state index contributed by atoms with van der Waals surface area (Å²) in [6, 6.07) is 2.10. The summed E-state index contributed by atoms with van der Waals surface area (Å²) in [4.78, 5) is 11.5. The van der Waals surface area contributed by atoms with E-state index in [0.29, 0.717) is 0 Å². The molecule has 1 aromatic rings. The number of halogens is 1. The molecule has 1 aromatic carbocycles. The van der Waals surface area contributed by atoms with E-state index in [0.717, 1.165) is 0 Å². The summed E-state index contributed by atoms with van der Waals surface area (Å²) < 4.78 is 4.91. The van der Waals surface area contributed by atoms with Crippen molar-refractivity contribution in [2.24, 2.45) is 5.73 Å². The molecule has 82 valence electrons. The van der Waals surface area contributed by atoms with Crippen LogP contribution >= 0.6 is 11.6 Å². The SMILES string of the molecule is COc1cc(C(=O)C(C)N)cc(O)c1Cl. The number of hydrogen-bond donors (Lipinski definition) is 2. The van der Waals surface area contributed by atoms with E-state index in [4.69, 9.17) is 22.1 Å². The molecule has 0 aromatic heterocycles. The second-order valence-electron chi connectivity index (χ2n) is 3.16. The molecule has 1 unspecified atom stereocenters. The Labute approximate surface area is 92.6 Å². The molecule has 0 amide bonds. The molecule has 5 heteroatoms. The number of phenols is 1. The Balaban J connectivity index is 3.22. The number of rotatable bonds is 3. The van der Waals surface area contributed by atoms with Crippen molar-refractivity contribution in [3.05, 3.63) is 22.7 Å². The van der Waals surface area contributed by atoms with Crippen LogP contribution in [0.15, 0.2) is 12.1 Å². The maximum absolute atomic E-state index is 11.5. The number of aromatic hydroxyl groups is 1. The standard InChI is InChI=1S/C10H12ClNO3/c1-5(12)10(14)6-3-7(13)9(11)8(4-6)15-2/h3-5,13H,12H2,1-2H3. The molecule has 0 bridgehead atoms. The number of carbonyl (C=O) groups is 1. The van der Waals surface area contributed by atoms with Crippen LogP contribution in [0.25, 0.3) is 0 Å². The first-order valence-corrected chi connectivity index (χ1v) is 4.71. The predicted molar refractivity (Wildman–Crippen MR) is 57.6 cm³/mol. The first kappa shape index (κ1) is 11.8. The summed E-state index contributed by atoms with van der Waals surface area (Å²) in [5.74, 6) is -0.221. The molecule has 0 heterocycles. The van der Waals surface area contributed by atoms with E-state index in [2.05, 4.69) is 0 Å². The van der Waals surface area contributed by atoms with E-state index in [1.54, 1.807) is 6.92 Å². The number of carbonyl (C=O) groups excluding carboxylic acids is 1. The number of ether oxygens (including phenoxy) is 1. The molecule has 0 saturated heterocycles. The molecule has 3 N–H and O–H groups in total. The summed E-state index contributed by atoms with van der Waals surface area (Å²) in [5.41, 5.74) is 5.72. The van der Waals surface area contributed by atoms with Crippen molar-refractivity contribution < 1.29 is 14.6 Å². The second-order valence-corrected chi connectivity index (χ2v) is 3.54. The van der Waals surface area contributed by atoms with E-state index < -0.39 is 6.04 Å². The molecule has 0 fully saturated rings. The lowest BCUT2D eigenvalue weighted by atomic mass is 10.1. The zero-order valence-corrected chi connectivity index (χ0v) is 9.21. The zero-order valence-electron chi connectivity index (χ0n) is 8.45. The van der Waals surface area contributed by atoms with Gasteiger partial charge in [0.25, 0.3) is 0 Å². The van der Waals surface area contributed by atoms with Gasteiger partial charge in [0.15, 0.2) is 5.78 Å². The number of nitrogens with two attached hydrogens (primary N) is 1. The fourth-order valence-electron chi connectivity index (χ4n) is 1.14. The van der Waals surface area contributed by atoms with Gasteiger partial charge in [-0.05, 0) is 19.1 Å². The van der Waals surface area contributed by atoms with Crippen molar-refractivity contribution >= 4 is 17.4 Å². The molecule has 0 aliphatic heterocycles. The second kappa shape index (κ2) is 4.51. The lowest BCUT2D eigenvalue weighted by molar-refractivity contribution is 0.0967. The van der Waals surface area contributed by atoms with E-state index in [9.17, 15) is 9.90 Å². The summed E-state index contributed by atoms with van der Waals surface area (Å²) >= 11 is 5.73. The van der Waals surface area contributed by atoms with Gasteiger partial charge in [-0.2, -0.15) is 0 Å². The highest BCUT2D eigenvalue weighted by molar-refractivity contribution is 6.33. The Kier molecular flexibility index (Phi) is 3.55. The highest BCUT2D eigenvalue weighted by atomic mass is 35.5. The third kappa shape index (κ3) is 2.40. The molecule has 0 aliphatic rings. The molecule has 0 spiro atoms. The van der Waals surface area contributed by atoms with Gasteiger partial charge in [-0.15, -0.1) is 0 Å². The average molecular weight is 230 g/mol. The van der Waals surface area contributed by atoms with E-state index >= 15 is 0 Å². The van der Waals surface area contributed by atoms with Crippen molar-refractivity contribution in [1.29, 1.82) is 0 Å². The van der Waals surface area contributed by atoms with Crippen LogP contribution in [-0.2, 0) is 0 Å². The van der Waals surface area contributed by atoms with Gasteiger partial charge in [0.2, 0.25) is 0 Å². The predicted octanol–water partition coefficient (Wildman–Crippen LogP) is 1.58. The minimum Gasteiger partial charge on any atom is -0.506 e. The van der Waals surface area contributed by atoms with Crippen LogP contribution in [0, 0.1) is 0 Å². The lowest BCUT2D eigenvalue weighted by Crippen LogP contribution is -2.26. The maximum Gasteiger partial charge on any atom is 0.179 e. The van der Waals surface area contributed by atoms with Gasteiger partial charge >= 0.3 is 0 Å². The fraction of sp³-hybridized carbons (Fsp3) is 0.300. The normalized spacial score (nSPS) is 12.3. The average Bonchev–Trinajstić information content (AvgIpc) is 2.20. The molecular weight excluding hydrogens is 218 g/mol. The highest BCUT2D eigenvalue weighted by Crippen LogP contribution is 2.34. The Morgan fingerprint density at radius 1 is 1.60 bits per heavy atom. The third-order valence-corrected chi connectivity index (χ3v) is 2.32.